The number of hydrogen-bond acceptors (Lipinski definition) is 5. The van der Waals surface area contributed by atoms with Crippen molar-refractivity contribution in [1.29, 1.82) is 0 Å². The molecule has 0 saturated carbocycles. The number of aromatic nitrogens is 2. The van der Waals surface area contributed by atoms with Gasteiger partial charge in [-0.1, -0.05) is 53.2 Å². The number of nitrogens with zero attached hydrogens (tertiary/aromatic N) is 3. The second kappa shape index (κ2) is 7.01. The molecular weight excluding hydrogens is 350 g/mol. The normalized spacial score (nSPS) is 11.9. The van der Waals surface area contributed by atoms with Crippen molar-refractivity contribution in [2.75, 3.05) is 7.05 Å². The molecule has 26 heavy (non-hydrogen) atoms. The molecule has 7 heteroatoms. The molecule has 0 bridgehead atoms. The third kappa shape index (κ3) is 3.54. The Hall–Kier alpha value is -2.51. The van der Waals surface area contributed by atoms with E-state index >= 15 is 0 Å². The molecule has 0 aliphatic carbocycles. The number of rotatable bonds is 5. The number of sulfonamides is 1. The van der Waals surface area contributed by atoms with E-state index in [-0.39, 0.29) is 12.4 Å². The van der Waals surface area contributed by atoms with E-state index in [2.05, 4.69) is 10.1 Å². The van der Waals surface area contributed by atoms with E-state index in [9.17, 15) is 8.42 Å². The highest BCUT2D eigenvalue weighted by Gasteiger charge is 2.26. The molecule has 0 N–H and O–H groups in total. The van der Waals surface area contributed by atoms with Crippen molar-refractivity contribution in [2.24, 2.45) is 0 Å². The van der Waals surface area contributed by atoms with Gasteiger partial charge in [-0.15, -0.1) is 0 Å². The minimum absolute atomic E-state index is 0.00885. The molecule has 2 aromatic carbocycles. The van der Waals surface area contributed by atoms with Gasteiger partial charge in [0.2, 0.25) is 21.7 Å². The molecule has 0 fully saturated rings. The second-order valence-corrected chi connectivity index (χ2v) is 8.35. The van der Waals surface area contributed by atoms with Gasteiger partial charge in [-0.25, -0.2) is 8.42 Å². The topological polar surface area (TPSA) is 76.3 Å². The van der Waals surface area contributed by atoms with Crippen molar-refractivity contribution in [3.05, 3.63) is 65.0 Å². The van der Waals surface area contributed by atoms with Gasteiger partial charge in [-0.3, -0.25) is 0 Å². The van der Waals surface area contributed by atoms with E-state index in [1.807, 2.05) is 49.4 Å². The Kier molecular flexibility index (Phi) is 4.93. The maximum absolute atomic E-state index is 13.0. The summed E-state index contributed by atoms with van der Waals surface area (Å²) in [4.78, 5) is 4.63. The highest BCUT2D eigenvalue weighted by atomic mass is 32.2. The maximum Gasteiger partial charge on any atom is 0.243 e. The summed E-state index contributed by atoms with van der Waals surface area (Å²) in [6, 6.07) is 13.1. The van der Waals surface area contributed by atoms with Crippen molar-refractivity contribution < 1.29 is 12.9 Å². The molecule has 6 nitrogen and oxygen atoms in total. The van der Waals surface area contributed by atoms with Crippen LogP contribution in [0.15, 0.2) is 51.9 Å². The van der Waals surface area contributed by atoms with Crippen LogP contribution in [0, 0.1) is 20.8 Å². The van der Waals surface area contributed by atoms with Crippen LogP contribution in [0.2, 0.25) is 0 Å². The smallest absolute Gasteiger partial charge is 0.243 e. The summed E-state index contributed by atoms with van der Waals surface area (Å²) >= 11 is 0. The molecule has 136 valence electrons. The fourth-order valence-corrected chi connectivity index (χ4v) is 4.55. The van der Waals surface area contributed by atoms with Crippen LogP contribution in [0.1, 0.15) is 22.6 Å². The van der Waals surface area contributed by atoms with Crippen molar-refractivity contribution in [1.82, 2.24) is 14.4 Å². The van der Waals surface area contributed by atoms with Crippen molar-refractivity contribution in [3.63, 3.8) is 0 Å². The summed E-state index contributed by atoms with van der Waals surface area (Å²) in [5.74, 6) is 0.687. The first-order valence-corrected chi connectivity index (χ1v) is 9.65. The fraction of sp³-hybridized carbons (Fsp3) is 0.263. The van der Waals surface area contributed by atoms with E-state index in [1.54, 1.807) is 13.8 Å². The van der Waals surface area contributed by atoms with Gasteiger partial charge < -0.3 is 4.52 Å². The fourth-order valence-electron chi connectivity index (χ4n) is 3.03. The van der Waals surface area contributed by atoms with Crippen LogP contribution in [0.4, 0.5) is 0 Å². The monoisotopic (exact) mass is 371 g/mol. The highest BCUT2D eigenvalue weighted by Crippen LogP contribution is 2.25. The Morgan fingerprint density at radius 1 is 1.04 bits per heavy atom. The summed E-state index contributed by atoms with van der Waals surface area (Å²) in [6.07, 6.45) is 0. The molecule has 1 heterocycles. The average Bonchev–Trinajstić information content (AvgIpc) is 3.03. The Labute approximate surface area is 153 Å². The van der Waals surface area contributed by atoms with E-state index in [4.69, 9.17) is 4.52 Å². The maximum atomic E-state index is 13.0. The molecule has 3 aromatic rings. The van der Waals surface area contributed by atoms with Crippen LogP contribution < -0.4 is 0 Å². The van der Waals surface area contributed by atoms with Crippen LogP contribution >= 0.6 is 0 Å². The summed E-state index contributed by atoms with van der Waals surface area (Å²) in [7, 11) is -2.15. The first-order valence-electron chi connectivity index (χ1n) is 8.21. The SMILES string of the molecule is Cc1cc(C)c(S(=O)(=O)N(C)Cc2nc(-c3ccccc3)no2)c(C)c1. The van der Waals surface area contributed by atoms with Crippen molar-refractivity contribution in [3.8, 4) is 11.4 Å². The van der Waals surface area contributed by atoms with Crippen LogP contribution in [0.25, 0.3) is 11.4 Å². The van der Waals surface area contributed by atoms with Crippen molar-refractivity contribution >= 4 is 10.0 Å². The molecule has 1 aromatic heterocycles. The number of benzene rings is 2. The predicted molar refractivity (Wildman–Crippen MR) is 99.0 cm³/mol. The van der Waals surface area contributed by atoms with Gasteiger partial charge in [0.05, 0.1) is 11.4 Å². The average molecular weight is 371 g/mol. The Morgan fingerprint density at radius 3 is 2.27 bits per heavy atom. The van der Waals surface area contributed by atoms with Gasteiger partial charge in [-0.05, 0) is 31.9 Å². The first-order chi connectivity index (χ1) is 12.3. The summed E-state index contributed by atoms with van der Waals surface area (Å²) < 4.78 is 32.5. The standard InChI is InChI=1S/C19H21N3O3S/c1-13-10-14(2)18(15(3)11-13)26(23,24)22(4)12-17-20-19(21-25-17)16-8-6-5-7-9-16/h5-11H,12H2,1-4H3. The zero-order valence-corrected chi connectivity index (χ0v) is 16.0. The Balaban J connectivity index is 1.86. The quantitative estimate of drug-likeness (QED) is 0.686. The number of aryl methyl sites for hydroxylation is 3. The second-order valence-electron chi connectivity index (χ2n) is 6.37. The van der Waals surface area contributed by atoms with Gasteiger partial charge in [0, 0.05) is 12.6 Å². The van der Waals surface area contributed by atoms with Gasteiger partial charge in [-0.2, -0.15) is 9.29 Å². The summed E-state index contributed by atoms with van der Waals surface area (Å²) in [5, 5.41) is 3.93. The van der Waals surface area contributed by atoms with Gasteiger partial charge >= 0.3 is 0 Å². The summed E-state index contributed by atoms with van der Waals surface area (Å²) in [6.45, 7) is 5.57. The molecule has 0 saturated heterocycles. The number of hydrogen-bond donors (Lipinski definition) is 0. The molecular formula is C19H21N3O3S. The van der Waals surface area contributed by atoms with Crippen molar-refractivity contribution in [2.45, 2.75) is 32.2 Å². The minimum atomic E-state index is -3.67. The highest BCUT2D eigenvalue weighted by molar-refractivity contribution is 7.89. The summed E-state index contributed by atoms with van der Waals surface area (Å²) in [5.41, 5.74) is 3.30. The zero-order chi connectivity index (χ0) is 18.9. The lowest BCUT2D eigenvalue weighted by Gasteiger charge is -2.19. The molecule has 0 amide bonds. The van der Waals surface area contributed by atoms with E-state index < -0.39 is 10.0 Å². The molecule has 0 unspecified atom stereocenters. The van der Waals surface area contributed by atoms with Crippen LogP contribution in [-0.2, 0) is 16.6 Å². The van der Waals surface area contributed by atoms with Gasteiger partial charge in [0.15, 0.2) is 0 Å². The minimum Gasteiger partial charge on any atom is -0.338 e. The lowest BCUT2D eigenvalue weighted by molar-refractivity contribution is 0.336. The molecule has 0 spiro atoms. The van der Waals surface area contributed by atoms with E-state index in [1.165, 1.54) is 11.4 Å². The molecule has 0 aliphatic rings. The third-order valence-corrected chi connectivity index (χ3v) is 6.24. The zero-order valence-electron chi connectivity index (χ0n) is 15.2. The molecule has 0 aliphatic heterocycles. The lowest BCUT2D eigenvalue weighted by Crippen LogP contribution is -2.28. The predicted octanol–water partition coefficient (Wildman–Crippen LogP) is 3.48. The van der Waals surface area contributed by atoms with Crippen LogP contribution in [-0.4, -0.2) is 29.9 Å². The molecule has 3 rings (SSSR count). The Bertz CT molecular complexity index is 1000. The lowest BCUT2D eigenvalue weighted by atomic mass is 10.1. The van der Waals surface area contributed by atoms with Gasteiger partial charge in [0.1, 0.15) is 0 Å². The van der Waals surface area contributed by atoms with Gasteiger partial charge in [0.25, 0.3) is 0 Å². The van der Waals surface area contributed by atoms with E-state index in [0.29, 0.717) is 10.7 Å². The molecule has 0 radical (unpaired) electrons. The van der Waals surface area contributed by atoms with E-state index in [0.717, 1.165) is 22.3 Å². The molecule has 0 atom stereocenters. The Morgan fingerprint density at radius 2 is 1.65 bits per heavy atom. The first kappa shape index (κ1) is 18.3. The third-order valence-electron chi connectivity index (χ3n) is 4.13. The largest absolute Gasteiger partial charge is 0.338 e. The van der Waals surface area contributed by atoms with Crippen LogP contribution in [0.5, 0.6) is 0 Å². The van der Waals surface area contributed by atoms with Crippen LogP contribution in [0.3, 0.4) is 0 Å².